The van der Waals surface area contributed by atoms with Crippen LogP contribution < -0.4 is 0 Å². The van der Waals surface area contributed by atoms with Crippen LogP contribution in [0.4, 0.5) is 0 Å². The monoisotopic (exact) mass is 116 g/mol. The highest BCUT2D eigenvalue weighted by atomic mass is 28.1. The van der Waals surface area contributed by atoms with Gasteiger partial charge in [-0.3, -0.25) is 0 Å². The van der Waals surface area contributed by atoms with Crippen molar-refractivity contribution in [2.45, 2.75) is 12.7 Å². The van der Waals surface area contributed by atoms with E-state index in [1.807, 2.05) is 13.0 Å². The van der Waals surface area contributed by atoms with Gasteiger partial charge < -0.3 is 4.74 Å². The molecule has 0 aliphatic rings. The van der Waals surface area contributed by atoms with Crippen molar-refractivity contribution in [3.05, 3.63) is 12.7 Å². The zero-order chi connectivity index (χ0) is 5.70. The summed E-state index contributed by atoms with van der Waals surface area (Å²) in [5.74, 6) is 0. The fourth-order valence-corrected chi connectivity index (χ4v) is 0.664. The Morgan fingerprint density at radius 3 is 2.71 bits per heavy atom. The van der Waals surface area contributed by atoms with E-state index in [0.29, 0.717) is 5.73 Å². The second-order valence-electron chi connectivity index (χ2n) is 1.40. The van der Waals surface area contributed by atoms with Crippen LogP contribution in [0.25, 0.3) is 0 Å². The molecule has 0 aliphatic carbocycles. The van der Waals surface area contributed by atoms with Gasteiger partial charge in [0.15, 0.2) is 0 Å². The van der Waals surface area contributed by atoms with E-state index in [0.717, 1.165) is 16.8 Å². The lowest BCUT2D eigenvalue weighted by molar-refractivity contribution is 0.149. The van der Waals surface area contributed by atoms with E-state index in [2.05, 4.69) is 6.58 Å². The lowest BCUT2D eigenvalue weighted by atomic mass is 10.7. The number of rotatable bonds is 3. The van der Waals surface area contributed by atoms with Crippen molar-refractivity contribution < 1.29 is 4.74 Å². The van der Waals surface area contributed by atoms with Crippen molar-refractivity contribution in [2.24, 2.45) is 0 Å². The zero-order valence-electron chi connectivity index (χ0n) is 4.98. The predicted octanol–water partition coefficient (Wildman–Crippen LogP) is -0.0996. The molecule has 0 fully saturated rings. The van der Waals surface area contributed by atoms with Gasteiger partial charge in [-0.15, -0.1) is 6.58 Å². The van der Waals surface area contributed by atoms with Crippen LogP contribution in [-0.2, 0) is 4.74 Å². The van der Waals surface area contributed by atoms with Crippen molar-refractivity contribution in [3.8, 4) is 0 Å². The molecule has 0 spiro atoms. The van der Waals surface area contributed by atoms with Gasteiger partial charge >= 0.3 is 0 Å². The molecule has 7 heavy (non-hydrogen) atoms. The quantitative estimate of drug-likeness (QED) is 0.369. The Balaban J connectivity index is 2.98. The van der Waals surface area contributed by atoms with Gasteiger partial charge in [0.25, 0.3) is 0 Å². The summed E-state index contributed by atoms with van der Waals surface area (Å²) in [7, 11) is 1.06. The molecular weight excluding hydrogens is 104 g/mol. The van der Waals surface area contributed by atoms with Crippen LogP contribution in [0.1, 0.15) is 6.92 Å². The lowest BCUT2D eigenvalue weighted by Crippen LogP contribution is -2.07. The van der Waals surface area contributed by atoms with Crippen LogP contribution in [0.15, 0.2) is 12.7 Å². The van der Waals surface area contributed by atoms with Crippen LogP contribution in [0.5, 0.6) is 0 Å². The van der Waals surface area contributed by atoms with E-state index < -0.39 is 0 Å². The fourth-order valence-electron chi connectivity index (χ4n) is 0.331. The first-order valence-corrected chi connectivity index (χ1v) is 3.71. The van der Waals surface area contributed by atoms with Crippen molar-refractivity contribution in [3.63, 3.8) is 0 Å². The number of hydrogen-bond donors (Lipinski definition) is 0. The van der Waals surface area contributed by atoms with Gasteiger partial charge in [-0.2, -0.15) is 0 Å². The Morgan fingerprint density at radius 2 is 2.57 bits per heavy atom. The molecule has 0 aromatic carbocycles. The van der Waals surface area contributed by atoms with Gasteiger partial charge in [0.05, 0.1) is 5.73 Å². The number of hydrogen-bond acceptors (Lipinski definition) is 1. The first-order valence-electron chi connectivity index (χ1n) is 2.55. The topological polar surface area (TPSA) is 9.23 Å². The molecule has 0 aromatic rings. The Labute approximate surface area is 47.8 Å². The zero-order valence-corrected chi connectivity index (χ0v) is 6.98. The molecule has 0 amide bonds. The molecule has 1 nitrogen and oxygen atoms in total. The van der Waals surface area contributed by atoms with Crippen molar-refractivity contribution in [1.29, 1.82) is 0 Å². The summed E-state index contributed by atoms with van der Waals surface area (Å²) in [6, 6.07) is 0. The Kier molecular flexibility index (Phi) is 4.04. The van der Waals surface area contributed by atoms with Gasteiger partial charge in [0, 0.05) is 16.8 Å². The molecule has 0 radical (unpaired) electrons. The van der Waals surface area contributed by atoms with E-state index in [9.17, 15) is 0 Å². The number of ether oxygens (including phenoxy) is 1. The first kappa shape index (κ1) is 6.92. The smallest absolute Gasteiger partial charge is 0.0552 e. The summed E-state index contributed by atoms with van der Waals surface area (Å²) in [6.45, 7) is 6.39. The standard InChI is InChI=1S/C5H12OSi/c1-3-5(7)6-4-2/h3,5H,1,4H2,2,7H3. The van der Waals surface area contributed by atoms with Crippen LogP contribution in [-0.4, -0.2) is 22.6 Å². The van der Waals surface area contributed by atoms with Gasteiger partial charge in [-0.25, -0.2) is 0 Å². The summed E-state index contributed by atoms with van der Waals surface area (Å²) in [6.07, 6.45) is 1.84. The maximum absolute atomic E-state index is 5.13. The van der Waals surface area contributed by atoms with E-state index in [1.54, 1.807) is 0 Å². The summed E-state index contributed by atoms with van der Waals surface area (Å²) in [5, 5.41) is 0. The first-order chi connectivity index (χ1) is 3.31. The Hall–Kier alpha value is -0.0831. The van der Waals surface area contributed by atoms with E-state index >= 15 is 0 Å². The van der Waals surface area contributed by atoms with Crippen molar-refractivity contribution in [2.75, 3.05) is 6.61 Å². The molecule has 2 heteroatoms. The van der Waals surface area contributed by atoms with Gasteiger partial charge in [-0.05, 0) is 6.92 Å². The molecule has 0 heterocycles. The highest BCUT2D eigenvalue weighted by molar-refractivity contribution is 6.12. The SMILES string of the molecule is C=CC([SiH3])OCC. The molecule has 0 N–H and O–H groups in total. The predicted molar refractivity (Wildman–Crippen MR) is 35.5 cm³/mol. The van der Waals surface area contributed by atoms with E-state index in [-0.39, 0.29) is 0 Å². The maximum atomic E-state index is 5.13. The summed E-state index contributed by atoms with van der Waals surface area (Å²) in [5.41, 5.74) is 0.352. The van der Waals surface area contributed by atoms with Gasteiger partial charge in [0.1, 0.15) is 0 Å². The highest BCUT2D eigenvalue weighted by Crippen LogP contribution is 1.82. The minimum Gasteiger partial charge on any atom is -0.379 e. The fraction of sp³-hybridized carbons (Fsp3) is 0.600. The molecular formula is C5H12OSi. The summed E-state index contributed by atoms with van der Waals surface area (Å²) >= 11 is 0. The molecule has 0 saturated heterocycles. The van der Waals surface area contributed by atoms with Crippen molar-refractivity contribution >= 4 is 10.2 Å². The molecule has 1 unspecified atom stereocenters. The maximum Gasteiger partial charge on any atom is 0.0552 e. The minimum atomic E-state index is 0.352. The van der Waals surface area contributed by atoms with E-state index in [4.69, 9.17) is 4.74 Å². The molecule has 1 atom stereocenters. The molecule has 0 rings (SSSR count). The van der Waals surface area contributed by atoms with E-state index in [1.165, 1.54) is 0 Å². The van der Waals surface area contributed by atoms with Gasteiger partial charge in [-0.1, -0.05) is 6.08 Å². The highest BCUT2D eigenvalue weighted by Gasteiger charge is 1.87. The van der Waals surface area contributed by atoms with Gasteiger partial charge in [0.2, 0.25) is 0 Å². The van der Waals surface area contributed by atoms with Crippen LogP contribution in [0.2, 0.25) is 0 Å². The molecule has 0 saturated carbocycles. The minimum absolute atomic E-state index is 0.352. The molecule has 42 valence electrons. The third-order valence-electron chi connectivity index (χ3n) is 0.761. The average molecular weight is 116 g/mol. The third-order valence-corrected chi connectivity index (χ3v) is 1.57. The third kappa shape index (κ3) is 3.75. The normalized spacial score (nSPS) is 13.9. The lowest BCUT2D eigenvalue weighted by Gasteiger charge is -2.02. The molecule has 0 bridgehead atoms. The van der Waals surface area contributed by atoms with Crippen LogP contribution in [0.3, 0.4) is 0 Å². The second kappa shape index (κ2) is 4.09. The average Bonchev–Trinajstić information content (AvgIpc) is 1.68. The van der Waals surface area contributed by atoms with Crippen molar-refractivity contribution in [1.82, 2.24) is 0 Å². The second-order valence-corrected chi connectivity index (χ2v) is 2.53. The molecule has 0 aromatic heterocycles. The molecule has 0 aliphatic heterocycles. The Bertz CT molecular complexity index is 54.0. The Morgan fingerprint density at radius 1 is 2.00 bits per heavy atom. The summed E-state index contributed by atoms with van der Waals surface area (Å²) < 4.78 is 5.13. The van der Waals surface area contributed by atoms with Crippen LogP contribution in [0, 0.1) is 0 Å². The summed E-state index contributed by atoms with van der Waals surface area (Å²) in [4.78, 5) is 0. The van der Waals surface area contributed by atoms with Crippen LogP contribution >= 0.6 is 0 Å². The largest absolute Gasteiger partial charge is 0.379 e.